The number of hydrogen-bond acceptors (Lipinski definition) is 3. The summed E-state index contributed by atoms with van der Waals surface area (Å²) < 4.78 is 5.81. The third-order valence-corrected chi connectivity index (χ3v) is 1.93. The molecule has 14 heavy (non-hydrogen) atoms. The topological polar surface area (TPSA) is 58.6 Å². The van der Waals surface area contributed by atoms with Gasteiger partial charge in [-0.2, -0.15) is 0 Å². The second-order valence-corrected chi connectivity index (χ2v) is 3.41. The van der Waals surface area contributed by atoms with Gasteiger partial charge in [-0.3, -0.25) is 0 Å². The fourth-order valence-corrected chi connectivity index (χ4v) is 1.07. The SMILES string of the molecule is O=C(NCCO)Oc1ccc(Br)cc1. The zero-order valence-corrected chi connectivity index (χ0v) is 8.95. The van der Waals surface area contributed by atoms with Gasteiger partial charge in [0, 0.05) is 11.0 Å². The summed E-state index contributed by atoms with van der Waals surface area (Å²) in [7, 11) is 0. The van der Waals surface area contributed by atoms with Crippen LogP contribution in [0.25, 0.3) is 0 Å². The molecule has 1 rings (SSSR count). The fraction of sp³-hybridized carbons (Fsp3) is 0.222. The predicted octanol–water partition coefficient (Wildman–Crippen LogP) is 1.53. The van der Waals surface area contributed by atoms with E-state index >= 15 is 0 Å². The molecule has 0 aliphatic heterocycles. The number of nitrogens with one attached hydrogen (secondary N) is 1. The van der Waals surface area contributed by atoms with E-state index in [0.717, 1.165) is 4.47 Å². The molecule has 0 heterocycles. The Labute approximate surface area is 90.0 Å². The fourth-order valence-electron chi connectivity index (χ4n) is 0.804. The lowest BCUT2D eigenvalue weighted by atomic mass is 10.3. The zero-order valence-electron chi connectivity index (χ0n) is 7.37. The van der Waals surface area contributed by atoms with E-state index < -0.39 is 6.09 Å². The van der Waals surface area contributed by atoms with Crippen LogP contribution in [0.5, 0.6) is 5.75 Å². The number of aliphatic hydroxyl groups is 1. The molecule has 0 aromatic heterocycles. The molecular weight excluding hydrogens is 250 g/mol. The van der Waals surface area contributed by atoms with Crippen LogP contribution in [0.4, 0.5) is 4.79 Å². The molecule has 0 fully saturated rings. The Kier molecular flexibility index (Phi) is 4.42. The van der Waals surface area contributed by atoms with Crippen LogP contribution in [0.3, 0.4) is 0 Å². The number of ether oxygens (including phenoxy) is 1. The monoisotopic (exact) mass is 259 g/mol. The first-order chi connectivity index (χ1) is 6.72. The minimum atomic E-state index is -0.568. The minimum absolute atomic E-state index is 0.102. The Hall–Kier alpha value is -1.07. The van der Waals surface area contributed by atoms with Crippen LogP contribution < -0.4 is 10.1 Å². The number of carbonyl (C=O) groups is 1. The Morgan fingerprint density at radius 1 is 1.43 bits per heavy atom. The minimum Gasteiger partial charge on any atom is -0.410 e. The van der Waals surface area contributed by atoms with Crippen LogP contribution >= 0.6 is 15.9 Å². The Bertz CT molecular complexity index is 299. The standard InChI is InChI=1S/C9H10BrNO3/c10-7-1-3-8(4-2-7)14-9(13)11-5-6-12/h1-4,12H,5-6H2,(H,11,13). The number of carbonyl (C=O) groups excluding carboxylic acids is 1. The lowest BCUT2D eigenvalue weighted by Crippen LogP contribution is -2.29. The highest BCUT2D eigenvalue weighted by Gasteiger charge is 2.01. The molecule has 4 nitrogen and oxygen atoms in total. The predicted molar refractivity (Wildman–Crippen MR) is 55.3 cm³/mol. The smallest absolute Gasteiger partial charge is 0.410 e. The summed E-state index contributed by atoms with van der Waals surface area (Å²) in [6, 6.07) is 6.88. The number of aliphatic hydroxyl groups excluding tert-OH is 1. The zero-order chi connectivity index (χ0) is 10.4. The van der Waals surface area contributed by atoms with Crippen LogP contribution in [-0.4, -0.2) is 24.4 Å². The van der Waals surface area contributed by atoms with E-state index in [2.05, 4.69) is 21.2 Å². The van der Waals surface area contributed by atoms with E-state index in [1.165, 1.54) is 0 Å². The maximum atomic E-state index is 11.0. The van der Waals surface area contributed by atoms with E-state index in [1.54, 1.807) is 24.3 Å². The van der Waals surface area contributed by atoms with Crippen LogP contribution in [0.2, 0.25) is 0 Å². The lowest BCUT2D eigenvalue weighted by molar-refractivity contribution is 0.195. The number of amides is 1. The molecule has 0 aliphatic carbocycles. The Balaban J connectivity index is 2.44. The van der Waals surface area contributed by atoms with Crippen molar-refractivity contribution in [1.82, 2.24) is 5.32 Å². The van der Waals surface area contributed by atoms with E-state index in [0.29, 0.717) is 5.75 Å². The average Bonchev–Trinajstić information content (AvgIpc) is 2.18. The summed E-state index contributed by atoms with van der Waals surface area (Å²) >= 11 is 3.26. The van der Waals surface area contributed by atoms with Crippen molar-refractivity contribution in [2.24, 2.45) is 0 Å². The highest BCUT2D eigenvalue weighted by Crippen LogP contribution is 2.15. The summed E-state index contributed by atoms with van der Waals surface area (Å²) in [5.74, 6) is 0.462. The van der Waals surface area contributed by atoms with Crippen LogP contribution in [0.15, 0.2) is 28.7 Å². The van der Waals surface area contributed by atoms with Gasteiger partial charge in [-0.25, -0.2) is 4.79 Å². The molecule has 0 spiro atoms. The molecule has 0 bridgehead atoms. The molecule has 1 aromatic rings. The van der Waals surface area contributed by atoms with Crippen molar-refractivity contribution in [1.29, 1.82) is 0 Å². The number of rotatable bonds is 3. The quantitative estimate of drug-likeness (QED) is 0.866. The third kappa shape index (κ3) is 3.76. The summed E-state index contributed by atoms with van der Waals surface area (Å²) in [4.78, 5) is 11.0. The van der Waals surface area contributed by atoms with Gasteiger partial charge in [0.25, 0.3) is 0 Å². The van der Waals surface area contributed by atoms with Gasteiger partial charge in [-0.15, -0.1) is 0 Å². The Morgan fingerprint density at radius 3 is 2.64 bits per heavy atom. The van der Waals surface area contributed by atoms with Crippen LogP contribution in [0, 0.1) is 0 Å². The molecule has 0 saturated carbocycles. The molecule has 0 unspecified atom stereocenters. The highest BCUT2D eigenvalue weighted by atomic mass is 79.9. The van der Waals surface area contributed by atoms with Crippen molar-refractivity contribution in [2.45, 2.75) is 0 Å². The summed E-state index contributed by atoms with van der Waals surface area (Å²) in [6.07, 6.45) is -0.568. The van der Waals surface area contributed by atoms with E-state index in [9.17, 15) is 4.79 Å². The van der Waals surface area contributed by atoms with Gasteiger partial charge < -0.3 is 15.2 Å². The van der Waals surface area contributed by atoms with Crippen LogP contribution in [-0.2, 0) is 0 Å². The van der Waals surface area contributed by atoms with Crippen LogP contribution in [0.1, 0.15) is 0 Å². The normalized spacial score (nSPS) is 9.57. The van der Waals surface area contributed by atoms with Crippen molar-refractivity contribution in [2.75, 3.05) is 13.2 Å². The number of hydrogen-bond donors (Lipinski definition) is 2. The number of halogens is 1. The highest BCUT2D eigenvalue weighted by molar-refractivity contribution is 9.10. The molecule has 2 N–H and O–H groups in total. The largest absolute Gasteiger partial charge is 0.412 e. The molecule has 0 radical (unpaired) electrons. The second kappa shape index (κ2) is 5.62. The molecular formula is C9H10BrNO3. The Morgan fingerprint density at radius 2 is 2.07 bits per heavy atom. The van der Waals surface area contributed by atoms with Gasteiger partial charge in [0.2, 0.25) is 0 Å². The molecule has 5 heteroatoms. The first-order valence-electron chi connectivity index (χ1n) is 4.04. The maximum Gasteiger partial charge on any atom is 0.412 e. The first kappa shape index (κ1) is 11.0. The second-order valence-electron chi connectivity index (χ2n) is 2.49. The average molecular weight is 260 g/mol. The van der Waals surface area contributed by atoms with Crippen molar-refractivity contribution in [3.05, 3.63) is 28.7 Å². The molecule has 0 aliphatic rings. The molecule has 0 saturated heterocycles. The molecule has 0 atom stereocenters. The van der Waals surface area contributed by atoms with E-state index in [4.69, 9.17) is 9.84 Å². The van der Waals surface area contributed by atoms with Gasteiger partial charge in [0.05, 0.1) is 6.61 Å². The summed E-state index contributed by atoms with van der Waals surface area (Å²) in [6.45, 7) is 0.0881. The maximum absolute atomic E-state index is 11.0. The van der Waals surface area contributed by atoms with Gasteiger partial charge in [0.1, 0.15) is 5.75 Å². The van der Waals surface area contributed by atoms with Crippen molar-refractivity contribution in [3.63, 3.8) is 0 Å². The van der Waals surface area contributed by atoms with Crippen molar-refractivity contribution >= 4 is 22.0 Å². The third-order valence-electron chi connectivity index (χ3n) is 1.41. The van der Waals surface area contributed by atoms with Gasteiger partial charge in [-0.1, -0.05) is 15.9 Å². The van der Waals surface area contributed by atoms with Gasteiger partial charge in [0.15, 0.2) is 0 Å². The van der Waals surface area contributed by atoms with Crippen molar-refractivity contribution in [3.8, 4) is 5.75 Å². The lowest BCUT2D eigenvalue weighted by Gasteiger charge is -2.04. The number of benzene rings is 1. The molecule has 76 valence electrons. The van der Waals surface area contributed by atoms with Gasteiger partial charge >= 0.3 is 6.09 Å². The first-order valence-corrected chi connectivity index (χ1v) is 4.84. The van der Waals surface area contributed by atoms with Crippen molar-refractivity contribution < 1.29 is 14.6 Å². The molecule has 1 aromatic carbocycles. The van der Waals surface area contributed by atoms with E-state index in [1.807, 2.05) is 0 Å². The van der Waals surface area contributed by atoms with E-state index in [-0.39, 0.29) is 13.2 Å². The summed E-state index contributed by atoms with van der Waals surface area (Å²) in [5, 5.41) is 10.8. The van der Waals surface area contributed by atoms with Gasteiger partial charge in [-0.05, 0) is 24.3 Å². The summed E-state index contributed by atoms with van der Waals surface area (Å²) in [5.41, 5.74) is 0. The molecule has 1 amide bonds.